The zero-order valence-electron chi connectivity index (χ0n) is 10.6. The summed E-state index contributed by atoms with van der Waals surface area (Å²) in [6, 6.07) is 4.07. The molecule has 19 heavy (non-hydrogen) atoms. The van der Waals surface area contributed by atoms with Gasteiger partial charge >= 0.3 is 0 Å². The van der Waals surface area contributed by atoms with Crippen LogP contribution in [0.5, 0.6) is 0 Å². The van der Waals surface area contributed by atoms with E-state index >= 15 is 0 Å². The van der Waals surface area contributed by atoms with Crippen LogP contribution in [0.4, 0.5) is 15.8 Å². The van der Waals surface area contributed by atoms with Crippen molar-refractivity contribution < 1.29 is 14.0 Å². The first-order chi connectivity index (χ1) is 9.02. The fourth-order valence-electron chi connectivity index (χ4n) is 1.49. The van der Waals surface area contributed by atoms with Gasteiger partial charge in [-0.05, 0) is 31.0 Å². The second-order valence-corrected chi connectivity index (χ2v) is 4.86. The molecule has 0 bridgehead atoms. The Morgan fingerprint density at radius 3 is 2.63 bits per heavy atom. The van der Waals surface area contributed by atoms with Crippen molar-refractivity contribution in [3.05, 3.63) is 24.0 Å². The van der Waals surface area contributed by atoms with E-state index in [0.29, 0.717) is 12.1 Å². The number of unbranched alkanes of at least 4 members (excludes halogenated alkanes) is 1. The van der Waals surface area contributed by atoms with Crippen LogP contribution in [0, 0.1) is 5.82 Å². The van der Waals surface area contributed by atoms with E-state index in [-0.39, 0.29) is 17.5 Å². The molecule has 0 heterocycles. The van der Waals surface area contributed by atoms with E-state index in [0.717, 1.165) is 18.2 Å². The van der Waals surface area contributed by atoms with Crippen molar-refractivity contribution in [1.82, 2.24) is 0 Å². The SMILES string of the molecule is CC(=O)Nc1cc(NC(=O)CCCCBr)ccc1F. The molecule has 2 N–H and O–H groups in total. The van der Waals surface area contributed by atoms with Gasteiger partial charge in [-0.25, -0.2) is 4.39 Å². The number of alkyl halides is 1. The third kappa shape index (κ3) is 5.83. The highest BCUT2D eigenvalue weighted by Gasteiger charge is 2.07. The van der Waals surface area contributed by atoms with Crippen LogP contribution in [0.1, 0.15) is 26.2 Å². The Balaban J connectivity index is 2.63. The fraction of sp³-hybridized carbons (Fsp3) is 0.385. The van der Waals surface area contributed by atoms with E-state index in [1.807, 2.05) is 0 Å². The highest BCUT2D eigenvalue weighted by molar-refractivity contribution is 9.09. The molecule has 1 rings (SSSR count). The summed E-state index contributed by atoms with van der Waals surface area (Å²) in [4.78, 5) is 22.5. The van der Waals surface area contributed by atoms with Crippen LogP contribution >= 0.6 is 15.9 Å². The molecule has 104 valence electrons. The number of halogens is 2. The summed E-state index contributed by atoms with van der Waals surface area (Å²) in [5.41, 5.74) is 0.528. The molecule has 0 atom stereocenters. The number of benzene rings is 1. The van der Waals surface area contributed by atoms with Crippen molar-refractivity contribution in [3.8, 4) is 0 Å². The number of rotatable bonds is 6. The van der Waals surface area contributed by atoms with Crippen molar-refractivity contribution in [2.45, 2.75) is 26.2 Å². The van der Waals surface area contributed by atoms with E-state index in [2.05, 4.69) is 26.6 Å². The minimum atomic E-state index is -0.535. The van der Waals surface area contributed by atoms with Crippen LogP contribution in [0.15, 0.2) is 18.2 Å². The molecule has 0 aliphatic rings. The van der Waals surface area contributed by atoms with Crippen molar-refractivity contribution in [1.29, 1.82) is 0 Å². The summed E-state index contributed by atoms with van der Waals surface area (Å²) >= 11 is 3.29. The van der Waals surface area contributed by atoms with Crippen molar-refractivity contribution in [3.63, 3.8) is 0 Å². The largest absolute Gasteiger partial charge is 0.326 e. The van der Waals surface area contributed by atoms with Crippen molar-refractivity contribution in [2.24, 2.45) is 0 Å². The number of carbonyl (C=O) groups is 2. The zero-order valence-corrected chi connectivity index (χ0v) is 12.2. The molecule has 0 saturated carbocycles. The molecule has 0 spiro atoms. The maximum absolute atomic E-state index is 13.4. The van der Waals surface area contributed by atoms with Gasteiger partial charge in [0, 0.05) is 24.4 Å². The average molecular weight is 331 g/mol. The lowest BCUT2D eigenvalue weighted by molar-refractivity contribution is -0.116. The van der Waals surface area contributed by atoms with E-state index in [1.54, 1.807) is 0 Å². The highest BCUT2D eigenvalue weighted by Crippen LogP contribution is 2.20. The maximum atomic E-state index is 13.4. The molecule has 0 unspecified atom stereocenters. The number of hydrogen-bond acceptors (Lipinski definition) is 2. The van der Waals surface area contributed by atoms with Crippen LogP contribution in [0.3, 0.4) is 0 Å². The van der Waals surface area contributed by atoms with Gasteiger partial charge in [-0.3, -0.25) is 9.59 Å². The minimum absolute atomic E-state index is 0.0609. The number of anilines is 2. The van der Waals surface area contributed by atoms with Gasteiger partial charge in [0.2, 0.25) is 11.8 Å². The third-order valence-electron chi connectivity index (χ3n) is 2.35. The maximum Gasteiger partial charge on any atom is 0.224 e. The topological polar surface area (TPSA) is 58.2 Å². The first-order valence-electron chi connectivity index (χ1n) is 5.96. The first-order valence-corrected chi connectivity index (χ1v) is 7.08. The summed E-state index contributed by atoms with van der Waals surface area (Å²) in [6.45, 7) is 1.30. The molecule has 0 radical (unpaired) electrons. The van der Waals surface area contributed by atoms with Gasteiger partial charge in [0.15, 0.2) is 0 Å². The predicted octanol–water partition coefficient (Wildman–Crippen LogP) is 3.29. The van der Waals surface area contributed by atoms with Crippen molar-refractivity contribution >= 4 is 39.1 Å². The van der Waals surface area contributed by atoms with Gasteiger partial charge < -0.3 is 10.6 Å². The lowest BCUT2D eigenvalue weighted by Gasteiger charge is -2.08. The van der Waals surface area contributed by atoms with Crippen molar-refractivity contribution in [2.75, 3.05) is 16.0 Å². The Bertz CT molecular complexity index is 466. The Kier molecular flexibility index (Phi) is 6.49. The van der Waals surface area contributed by atoms with Crippen LogP contribution in [0.2, 0.25) is 0 Å². The van der Waals surface area contributed by atoms with Gasteiger partial charge in [-0.2, -0.15) is 0 Å². The van der Waals surface area contributed by atoms with Crippen LogP contribution in [-0.2, 0) is 9.59 Å². The molecule has 0 aromatic heterocycles. The standard InChI is InChI=1S/C13H16BrFN2O2/c1-9(18)16-12-8-10(5-6-11(12)15)17-13(19)4-2-3-7-14/h5-6,8H,2-4,7H2,1H3,(H,16,18)(H,17,19). The molecular formula is C13H16BrFN2O2. The van der Waals surface area contributed by atoms with E-state index in [9.17, 15) is 14.0 Å². The Hall–Kier alpha value is -1.43. The molecule has 1 aromatic rings. The second-order valence-electron chi connectivity index (χ2n) is 4.07. The number of carbonyl (C=O) groups excluding carboxylic acids is 2. The predicted molar refractivity (Wildman–Crippen MR) is 77.0 cm³/mol. The zero-order chi connectivity index (χ0) is 14.3. The lowest BCUT2D eigenvalue weighted by atomic mass is 10.2. The van der Waals surface area contributed by atoms with E-state index < -0.39 is 5.82 Å². The highest BCUT2D eigenvalue weighted by atomic mass is 79.9. The second kappa shape index (κ2) is 7.89. The van der Waals surface area contributed by atoms with Crippen LogP contribution in [-0.4, -0.2) is 17.1 Å². The summed E-state index contributed by atoms with van der Waals surface area (Å²) in [5.74, 6) is -1.02. The molecule has 2 amide bonds. The summed E-state index contributed by atoms with van der Waals surface area (Å²) < 4.78 is 13.4. The summed E-state index contributed by atoms with van der Waals surface area (Å²) in [7, 11) is 0. The smallest absolute Gasteiger partial charge is 0.224 e. The summed E-state index contributed by atoms with van der Waals surface area (Å²) in [6.07, 6.45) is 2.13. The van der Waals surface area contributed by atoms with Gasteiger partial charge in [-0.15, -0.1) is 0 Å². The van der Waals surface area contributed by atoms with Crippen LogP contribution < -0.4 is 10.6 Å². The molecule has 0 aliphatic heterocycles. The van der Waals surface area contributed by atoms with Crippen LogP contribution in [0.25, 0.3) is 0 Å². The number of nitrogens with one attached hydrogen (secondary N) is 2. The van der Waals surface area contributed by atoms with Gasteiger partial charge in [0.25, 0.3) is 0 Å². The Morgan fingerprint density at radius 1 is 1.26 bits per heavy atom. The van der Waals surface area contributed by atoms with Gasteiger partial charge in [0.1, 0.15) is 5.82 Å². The van der Waals surface area contributed by atoms with Gasteiger partial charge in [-0.1, -0.05) is 15.9 Å². The number of amides is 2. The van der Waals surface area contributed by atoms with E-state index in [1.165, 1.54) is 25.1 Å². The number of hydrogen-bond donors (Lipinski definition) is 2. The molecule has 0 fully saturated rings. The van der Waals surface area contributed by atoms with Gasteiger partial charge in [0.05, 0.1) is 5.69 Å². The minimum Gasteiger partial charge on any atom is -0.326 e. The molecule has 1 aromatic carbocycles. The Morgan fingerprint density at radius 2 is 2.00 bits per heavy atom. The lowest BCUT2D eigenvalue weighted by Crippen LogP contribution is -2.12. The van der Waals surface area contributed by atoms with E-state index in [4.69, 9.17) is 0 Å². The molecule has 0 aliphatic carbocycles. The first kappa shape index (κ1) is 15.6. The molecule has 6 heteroatoms. The normalized spacial score (nSPS) is 10.1. The summed E-state index contributed by atoms with van der Waals surface area (Å²) in [5, 5.41) is 5.90. The quantitative estimate of drug-likeness (QED) is 0.621. The molecule has 0 saturated heterocycles. The Labute approximate surface area is 119 Å². The molecular weight excluding hydrogens is 315 g/mol. The monoisotopic (exact) mass is 330 g/mol. The fourth-order valence-corrected chi connectivity index (χ4v) is 1.89. The average Bonchev–Trinajstić information content (AvgIpc) is 2.33. The third-order valence-corrected chi connectivity index (χ3v) is 2.91. The molecule has 4 nitrogen and oxygen atoms in total.